The number of fused-ring (bicyclic) bond motifs is 3. The van der Waals surface area contributed by atoms with E-state index in [9.17, 15) is 9.90 Å². The van der Waals surface area contributed by atoms with Crippen molar-refractivity contribution in [2.24, 2.45) is 0 Å². The molecule has 0 amide bonds. The Morgan fingerprint density at radius 3 is 2.08 bits per heavy atom. The molecule has 2 bridgehead atoms. The third kappa shape index (κ3) is 4.05. The fourth-order valence-electron chi connectivity index (χ4n) is 4.39. The minimum absolute atomic E-state index is 0. The summed E-state index contributed by atoms with van der Waals surface area (Å²) in [6.07, 6.45) is 7.40. The van der Waals surface area contributed by atoms with E-state index in [1.807, 2.05) is 7.11 Å². The average Bonchev–Trinajstić information content (AvgIpc) is 2.67. The molecule has 3 aliphatic rings. The van der Waals surface area contributed by atoms with Gasteiger partial charge in [-0.15, -0.1) is 0 Å². The predicted octanol–water partition coefficient (Wildman–Crippen LogP) is 0.117. The van der Waals surface area contributed by atoms with Gasteiger partial charge < -0.3 is 19.4 Å². The van der Waals surface area contributed by atoms with Crippen molar-refractivity contribution < 1.29 is 48.9 Å². The average molecular weight is 368 g/mol. The molecule has 0 heterocycles. The van der Waals surface area contributed by atoms with E-state index in [4.69, 9.17) is 9.47 Å². The molecule has 3 fully saturated rings. The van der Waals surface area contributed by atoms with Crippen LogP contribution in [0.3, 0.4) is 0 Å². The van der Waals surface area contributed by atoms with Crippen molar-refractivity contribution in [1.29, 1.82) is 0 Å². The molecular formula is C21H29NaO4. The molecule has 1 aromatic carbocycles. The van der Waals surface area contributed by atoms with Crippen LogP contribution in [0.2, 0.25) is 0 Å². The molecular weight excluding hydrogens is 339 g/mol. The van der Waals surface area contributed by atoms with E-state index >= 15 is 0 Å². The zero-order valence-electron chi connectivity index (χ0n) is 16.6. The molecule has 0 radical (unpaired) electrons. The van der Waals surface area contributed by atoms with Gasteiger partial charge in [0.1, 0.15) is 5.60 Å². The van der Waals surface area contributed by atoms with Crippen molar-refractivity contribution in [3.05, 3.63) is 35.4 Å². The van der Waals surface area contributed by atoms with Crippen LogP contribution in [0.4, 0.5) is 0 Å². The summed E-state index contributed by atoms with van der Waals surface area (Å²) < 4.78 is 11.4. The number of carbonyl (C=O) groups is 1. The van der Waals surface area contributed by atoms with E-state index in [2.05, 4.69) is 24.3 Å². The van der Waals surface area contributed by atoms with Crippen LogP contribution in [0, 0.1) is 0 Å². The molecule has 3 saturated carbocycles. The van der Waals surface area contributed by atoms with Crippen molar-refractivity contribution in [1.82, 2.24) is 0 Å². The van der Waals surface area contributed by atoms with Crippen molar-refractivity contribution in [3.63, 3.8) is 0 Å². The van der Waals surface area contributed by atoms with Crippen molar-refractivity contribution in [2.45, 2.75) is 82.0 Å². The fraction of sp³-hybridized carbons (Fsp3) is 0.667. The number of hydrogen-bond donors (Lipinski definition) is 0. The van der Waals surface area contributed by atoms with Crippen molar-refractivity contribution in [3.8, 4) is 0 Å². The first-order chi connectivity index (χ1) is 11.9. The maximum absolute atomic E-state index is 11.2. The summed E-state index contributed by atoms with van der Waals surface area (Å²) in [5.41, 5.74) is 1.60. The largest absolute Gasteiger partial charge is 1.00 e. The zero-order chi connectivity index (χ0) is 18.1. The number of benzene rings is 1. The van der Waals surface area contributed by atoms with Gasteiger partial charge in [0.25, 0.3) is 0 Å². The van der Waals surface area contributed by atoms with Gasteiger partial charge in [-0.25, -0.2) is 0 Å². The van der Waals surface area contributed by atoms with E-state index in [0.717, 1.165) is 24.8 Å². The summed E-state index contributed by atoms with van der Waals surface area (Å²) >= 11 is 0. The minimum Gasteiger partial charge on any atom is -0.547 e. The quantitative estimate of drug-likeness (QED) is 0.642. The summed E-state index contributed by atoms with van der Waals surface area (Å²) in [6, 6.07) is 8.54. The van der Waals surface area contributed by atoms with Crippen LogP contribution < -0.4 is 34.7 Å². The molecule has 4 nitrogen and oxygen atoms in total. The zero-order valence-corrected chi connectivity index (χ0v) is 18.6. The summed E-state index contributed by atoms with van der Waals surface area (Å²) in [5.74, 6) is -1.16. The summed E-state index contributed by atoms with van der Waals surface area (Å²) in [4.78, 5) is 11.2. The van der Waals surface area contributed by atoms with Gasteiger partial charge in [-0.3, -0.25) is 0 Å². The van der Waals surface area contributed by atoms with Crippen LogP contribution in [0.1, 0.15) is 69.9 Å². The van der Waals surface area contributed by atoms with Gasteiger partial charge in [0.15, 0.2) is 0 Å². The van der Waals surface area contributed by atoms with Crippen LogP contribution in [0.5, 0.6) is 0 Å². The van der Waals surface area contributed by atoms with Gasteiger partial charge in [0.2, 0.25) is 0 Å². The number of methoxy groups -OCH3 is 1. The SMILES string of the molecule is CCC(C)(OCc1ccc(C23CCC(OC)(CC2)CC3)cc1)C(=O)[O-].[Na+]. The molecule has 1 atom stereocenters. The summed E-state index contributed by atoms with van der Waals surface area (Å²) in [6.45, 7) is 3.66. The Kier molecular flexibility index (Phi) is 7.01. The normalized spacial score (nSPS) is 29.7. The van der Waals surface area contributed by atoms with Gasteiger partial charge in [-0.05, 0) is 68.4 Å². The van der Waals surface area contributed by atoms with Gasteiger partial charge in [-0.2, -0.15) is 0 Å². The minimum atomic E-state index is -1.23. The van der Waals surface area contributed by atoms with E-state index < -0.39 is 11.6 Å². The first-order valence-electron chi connectivity index (χ1n) is 9.37. The molecule has 0 spiro atoms. The maximum Gasteiger partial charge on any atom is 1.00 e. The molecule has 138 valence electrons. The number of carboxylic acids is 1. The van der Waals surface area contributed by atoms with E-state index in [1.54, 1.807) is 13.8 Å². The number of carboxylic acid groups (broad SMARTS) is 1. The molecule has 3 aliphatic carbocycles. The van der Waals surface area contributed by atoms with Gasteiger partial charge in [0, 0.05) is 7.11 Å². The number of hydrogen-bond acceptors (Lipinski definition) is 4. The second-order valence-electron chi connectivity index (χ2n) is 8.02. The molecule has 26 heavy (non-hydrogen) atoms. The van der Waals surface area contributed by atoms with Gasteiger partial charge in [-0.1, -0.05) is 31.2 Å². The van der Waals surface area contributed by atoms with Crippen LogP contribution in [-0.2, 0) is 26.3 Å². The summed E-state index contributed by atoms with van der Waals surface area (Å²) in [5, 5.41) is 11.2. The third-order valence-electron chi connectivity index (χ3n) is 6.84. The Morgan fingerprint density at radius 2 is 1.65 bits per heavy atom. The van der Waals surface area contributed by atoms with E-state index in [0.29, 0.717) is 18.4 Å². The van der Waals surface area contributed by atoms with E-state index in [-0.39, 0.29) is 35.2 Å². The maximum atomic E-state index is 11.2. The number of carbonyl (C=O) groups excluding carboxylic acids is 1. The smallest absolute Gasteiger partial charge is 0.547 e. The molecule has 0 aromatic heterocycles. The van der Waals surface area contributed by atoms with Crippen LogP contribution in [0.15, 0.2) is 24.3 Å². The van der Waals surface area contributed by atoms with Crippen molar-refractivity contribution >= 4 is 5.97 Å². The fourth-order valence-corrected chi connectivity index (χ4v) is 4.39. The topological polar surface area (TPSA) is 58.6 Å². The Morgan fingerprint density at radius 1 is 1.12 bits per heavy atom. The Balaban J connectivity index is 0.00000243. The molecule has 0 saturated heterocycles. The number of rotatable bonds is 7. The molecule has 5 heteroatoms. The van der Waals surface area contributed by atoms with Gasteiger partial charge >= 0.3 is 29.6 Å². The Bertz CT molecular complexity index is 603. The summed E-state index contributed by atoms with van der Waals surface area (Å²) in [7, 11) is 1.85. The monoisotopic (exact) mass is 368 g/mol. The van der Waals surface area contributed by atoms with Gasteiger partial charge in [0.05, 0.1) is 18.2 Å². The third-order valence-corrected chi connectivity index (χ3v) is 6.84. The molecule has 1 aromatic rings. The molecule has 1 unspecified atom stereocenters. The van der Waals surface area contributed by atoms with Crippen LogP contribution in [-0.4, -0.2) is 24.3 Å². The second kappa shape index (κ2) is 8.32. The molecule has 0 N–H and O–H groups in total. The second-order valence-corrected chi connectivity index (χ2v) is 8.02. The number of aliphatic carboxylic acids is 1. The van der Waals surface area contributed by atoms with E-state index in [1.165, 1.54) is 24.8 Å². The molecule has 4 rings (SSSR count). The first-order valence-corrected chi connectivity index (χ1v) is 9.37. The standard InChI is InChI=1S/C21H30O4.Na/c1-4-19(2,18(22)23)25-15-16-5-7-17(8-6-16)20-9-12-21(24-3,13-10-20)14-11-20;/h5-8H,4,9-15H2,1-3H3,(H,22,23);/q;+1/p-1. The first kappa shape index (κ1) is 21.9. The Labute approximate surface area is 178 Å². The van der Waals surface area contributed by atoms with Crippen LogP contribution in [0.25, 0.3) is 0 Å². The van der Waals surface area contributed by atoms with Crippen molar-refractivity contribution in [2.75, 3.05) is 7.11 Å². The Hall–Kier alpha value is -0.390. The predicted molar refractivity (Wildman–Crippen MR) is 94.1 cm³/mol. The number of ether oxygens (including phenoxy) is 2. The molecule has 0 aliphatic heterocycles. The van der Waals surface area contributed by atoms with Crippen LogP contribution >= 0.6 is 0 Å².